The van der Waals surface area contributed by atoms with Crippen LogP contribution < -0.4 is 19.9 Å². The fourth-order valence-corrected chi connectivity index (χ4v) is 4.31. The third kappa shape index (κ3) is 3.99. The molecule has 156 valence electrons. The maximum absolute atomic E-state index is 13.1. The second-order valence-corrected chi connectivity index (χ2v) is 8.12. The quantitative estimate of drug-likeness (QED) is 0.390. The molecule has 4 rings (SSSR count). The van der Waals surface area contributed by atoms with Crippen LogP contribution >= 0.6 is 28.1 Å². The topological polar surface area (TPSA) is 75.0 Å². The maximum Gasteiger partial charge on any atom is 0.270 e. The molecule has 2 aliphatic rings. The SMILES string of the molecule is CCOc1ccc(N2C(=O)/C(=C/c3cc(Br)c(N4CCCC4)o3)C(=O)NC2=S)cc1. The first kappa shape index (κ1) is 20.6. The van der Waals surface area contributed by atoms with Crippen molar-refractivity contribution in [2.45, 2.75) is 19.8 Å². The molecule has 0 atom stereocenters. The van der Waals surface area contributed by atoms with Gasteiger partial charge < -0.3 is 14.1 Å². The van der Waals surface area contributed by atoms with Crippen LogP contribution in [0.1, 0.15) is 25.5 Å². The number of carbonyl (C=O) groups excluding carboxylic acids is 2. The average molecular weight is 490 g/mol. The van der Waals surface area contributed by atoms with Crippen LogP contribution in [0, 0.1) is 0 Å². The van der Waals surface area contributed by atoms with Crippen molar-refractivity contribution in [3.05, 3.63) is 46.1 Å². The zero-order valence-electron chi connectivity index (χ0n) is 16.3. The number of nitrogens with zero attached hydrogens (tertiary/aromatic N) is 2. The molecular weight excluding hydrogens is 470 g/mol. The molecule has 1 N–H and O–H groups in total. The minimum absolute atomic E-state index is 0.0321. The summed E-state index contributed by atoms with van der Waals surface area (Å²) in [5, 5.41) is 2.61. The van der Waals surface area contributed by atoms with Gasteiger partial charge in [0.05, 0.1) is 16.8 Å². The molecule has 0 unspecified atom stereocenters. The molecular formula is C21H20BrN3O4S. The fraction of sp³-hybridized carbons (Fsp3) is 0.286. The number of carbonyl (C=O) groups is 2. The highest BCUT2D eigenvalue weighted by molar-refractivity contribution is 9.10. The van der Waals surface area contributed by atoms with Crippen molar-refractivity contribution in [3.8, 4) is 5.75 Å². The molecule has 1 aromatic heterocycles. The Balaban J connectivity index is 1.63. The summed E-state index contributed by atoms with van der Waals surface area (Å²) in [5.74, 6) is 0.750. The zero-order valence-corrected chi connectivity index (χ0v) is 18.7. The highest BCUT2D eigenvalue weighted by Crippen LogP contribution is 2.34. The number of thiocarbonyl (C=S) groups is 1. The van der Waals surface area contributed by atoms with Gasteiger partial charge in [-0.2, -0.15) is 0 Å². The lowest BCUT2D eigenvalue weighted by Gasteiger charge is -2.28. The number of ether oxygens (including phenoxy) is 1. The first-order chi connectivity index (χ1) is 14.5. The van der Waals surface area contributed by atoms with Crippen LogP contribution in [0.15, 0.2) is 44.8 Å². The van der Waals surface area contributed by atoms with Gasteiger partial charge in [0.1, 0.15) is 17.1 Å². The van der Waals surface area contributed by atoms with Crippen molar-refractivity contribution in [3.63, 3.8) is 0 Å². The summed E-state index contributed by atoms with van der Waals surface area (Å²) in [5.41, 5.74) is 0.490. The lowest BCUT2D eigenvalue weighted by atomic mass is 10.1. The van der Waals surface area contributed by atoms with E-state index in [1.54, 1.807) is 30.3 Å². The molecule has 2 saturated heterocycles. The Kier molecular flexibility index (Phi) is 5.92. The second-order valence-electron chi connectivity index (χ2n) is 6.88. The highest BCUT2D eigenvalue weighted by Gasteiger charge is 2.35. The normalized spacial score (nSPS) is 18.3. The van der Waals surface area contributed by atoms with E-state index in [4.69, 9.17) is 21.4 Å². The molecule has 2 fully saturated rings. The summed E-state index contributed by atoms with van der Waals surface area (Å²) in [6, 6.07) is 8.70. The molecule has 2 amide bonds. The monoisotopic (exact) mass is 489 g/mol. The van der Waals surface area contributed by atoms with Crippen LogP contribution in [0.4, 0.5) is 11.6 Å². The Labute approximate surface area is 187 Å². The molecule has 9 heteroatoms. The number of nitrogens with one attached hydrogen (secondary N) is 1. The predicted octanol–water partition coefficient (Wildman–Crippen LogP) is 3.87. The van der Waals surface area contributed by atoms with E-state index in [0.717, 1.165) is 30.4 Å². The first-order valence-electron chi connectivity index (χ1n) is 9.66. The molecule has 1 aromatic carbocycles. The number of furan rings is 1. The molecule has 0 aliphatic carbocycles. The van der Waals surface area contributed by atoms with Gasteiger partial charge in [0.2, 0.25) is 5.88 Å². The number of amides is 2. The van der Waals surface area contributed by atoms with Crippen LogP contribution in [-0.4, -0.2) is 36.6 Å². The van der Waals surface area contributed by atoms with Gasteiger partial charge in [0.15, 0.2) is 5.11 Å². The number of hydrogen-bond acceptors (Lipinski definition) is 6. The van der Waals surface area contributed by atoms with Crippen molar-refractivity contribution in [2.75, 3.05) is 29.5 Å². The number of hydrogen-bond donors (Lipinski definition) is 1. The van der Waals surface area contributed by atoms with Crippen molar-refractivity contribution < 1.29 is 18.7 Å². The number of benzene rings is 1. The van der Waals surface area contributed by atoms with Gasteiger partial charge in [-0.1, -0.05) is 0 Å². The van der Waals surface area contributed by atoms with Gasteiger partial charge in [-0.25, -0.2) is 0 Å². The molecule has 0 bridgehead atoms. The average Bonchev–Trinajstić information content (AvgIpc) is 3.36. The summed E-state index contributed by atoms with van der Waals surface area (Å²) >= 11 is 8.75. The third-order valence-electron chi connectivity index (χ3n) is 4.88. The summed E-state index contributed by atoms with van der Waals surface area (Å²) in [4.78, 5) is 29.0. The van der Waals surface area contributed by atoms with E-state index in [2.05, 4.69) is 26.1 Å². The summed E-state index contributed by atoms with van der Waals surface area (Å²) < 4.78 is 12.1. The summed E-state index contributed by atoms with van der Waals surface area (Å²) in [6.45, 7) is 4.27. The van der Waals surface area contributed by atoms with E-state index < -0.39 is 11.8 Å². The van der Waals surface area contributed by atoms with Crippen molar-refractivity contribution in [2.24, 2.45) is 0 Å². The molecule has 0 radical (unpaired) electrons. The van der Waals surface area contributed by atoms with Gasteiger partial charge >= 0.3 is 0 Å². The van der Waals surface area contributed by atoms with E-state index in [9.17, 15) is 9.59 Å². The molecule has 7 nitrogen and oxygen atoms in total. The number of rotatable bonds is 5. The largest absolute Gasteiger partial charge is 0.494 e. The van der Waals surface area contributed by atoms with Crippen LogP contribution in [0.2, 0.25) is 0 Å². The minimum Gasteiger partial charge on any atom is -0.494 e. The second kappa shape index (κ2) is 8.61. The smallest absolute Gasteiger partial charge is 0.270 e. The van der Waals surface area contributed by atoms with Crippen LogP contribution in [-0.2, 0) is 9.59 Å². The summed E-state index contributed by atoms with van der Waals surface area (Å²) in [7, 11) is 0. The van der Waals surface area contributed by atoms with Crippen molar-refractivity contribution in [1.82, 2.24) is 5.32 Å². The van der Waals surface area contributed by atoms with Crippen molar-refractivity contribution >= 4 is 62.7 Å². The molecule has 30 heavy (non-hydrogen) atoms. The van der Waals surface area contributed by atoms with E-state index in [0.29, 0.717) is 29.7 Å². The molecule has 2 aromatic rings. The van der Waals surface area contributed by atoms with Crippen molar-refractivity contribution in [1.29, 1.82) is 0 Å². The van der Waals surface area contributed by atoms with Gasteiger partial charge in [0.25, 0.3) is 11.8 Å². The Hall–Kier alpha value is -2.65. The van der Waals surface area contributed by atoms with E-state index in [-0.39, 0.29) is 10.7 Å². The Morgan fingerprint density at radius 1 is 1.23 bits per heavy atom. The first-order valence-corrected chi connectivity index (χ1v) is 10.9. The molecule has 2 aliphatic heterocycles. The summed E-state index contributed by atoms with van der Waals surface area (Å²) in [6.07, 6.45) is 3.67. The maximum atomic E-state index is 13.1. The minimum atomic E-state index is -0.553. The van der Waals surface area contributed by atoms with Crippen LogP contribution in [0.25, 0.3) is 6.08 Å². The predicted molar refractivity (Wildman–Crippen MR) is 122 cm³/mol. The lowest BCUT2D eigenvalue weighted by Crippen LogP contribution is -2.54. The molecule has 3 heterocycles. The standard InChI is InChI=1S/C21H20BrN3O4S/c1-2-28-14-7-5-13(6-8-14)25-19(27)16(18(26)23-21(25)30)11-15-12-17(22)20(29-15)24-9-3-4-10-24/h5-8,11-12H,2-4,9-10H2,1H3,(H,23,26,30)/b16-11+. The van der Waals surface area contributed by atoms with Crippen LogP contribution in [0.3, 0.4) is 0 Å². The fourth-order valence-electron chi connectivity index (χ4n) is 3.48. The molecule has 0 spiro atoms. The van der Waals surface area contributed by atoms with E-state index >= 15 is 0 Å². The Morgan fingerprint density at radius 3 is 2.60 bits per heavy atom. The number of anilines is 2. The lowest BCUT2D eigenvalue weighted by molar-refractivity contribution is -0.122. The zero-order chi connectivity index (χ0) is 21.3. The van der Waals surface area contributed by atoms with Gasteiger partial charge in [-0.05, 0) is 78.3 Å². The van der Waals surface area contributed by atoms with E-state index in [1.165, 1.54) is 11.0 Å². The molecule has 0 saturated carbocycles. The third-order valence-corrected chi connectivity index (χ3v) is 5.73. The highest BCUT2D eigenvalue weighted by atomic mass is 79.9. The van der Waals surface area contributed by atoms with Gasteiger partial charge in [-0.3, -0.25) is 19.8 Å². The van der Waals surface area contributed by atoms with E-state index in [1.807, 2.05) is 6.92 Å². The Bertz CT molecular complexity index is 1030. The number of halogens is 1. The van der Waals surface area contributed by atoms with Gasteiger partial charge in [0, 0.05) is 19.2 Å². The van der Waals surface area contributed by atoms with Crippen LogP contribution in [0.5, 0.6) is 5.75 Å². The van der Waals surface area contributed by atoms with Gasteiger partial charge in [-0.15, -0.1) is 0 Å². The Morgan fingerprint density at radius 2 is 1.93 bits per heavy atom.